The molecule has 0 aliphatic heterocycles. The van der Waals surface area contributed by atoms with Crippen molar-refractivity contribution in [3.8, 4) is 0 Å². The Morgan fingerprint density at radius 2 is 1.66 bits per heavy atom. The molecule has 1 aromatic rings. The van der Waals surface area contributed by atoms with Gasteiger partial charge in [-0.25, -0.2) is 4.79 Å². The summed E-state index contributed by atoms with van der Waals surface area (Å²) in [5.41, 5.74) is 1.82. The Balaban J connectivity index is 3.46. The Kier molecular flexibility index (Phi) is 12.8. The predicted octanol–water partition coefficient (Wildman–Crippen LogP) is 4.59. The molecule has 214 valence electrons. The van der Waals surface area contributed by atoms with Crippen molar-refractivity contribution < 1.29 is 28.7 Å². The van der Waals surface area contributed by atoms with Crippen molar-refractivity contribution >= 4 is 23.9 Å². The molecule has 9 nitrogen and oxygen atoms in total. The van der Waals surface area contributed by atoms with Gasteiger partial charge in [-0.05, 0) is 84.4 Å². The Morgan fingerprint density at radius 3 is 2.18 bits per heavy atom. The van der Waals surface area contributed by atoms with E-state index in [0.717, 1.165) is 11.1 Å². The van der Waals surface area contributed by atoms with Crippen LogP contribution in [0.1, 0.15) is 91.0 Å². The molecule has 0 radical (unpaired) electrons. The highest BCUT2D eigenvalue weighted by Gasteiger charge is 2.38. The van der Waals surface area contributed by atoms with E-state index in [-0.39, 0.29) is 37.4 Å². The Bertz CT molecular complexity index is 968. The summed E-state index contributed by atoms with van der Waals surface area (Å²) in [6.45, 7) is 18.8. The van der Waals surface area contributed by atoms with Crippen molar-refractivity contribution in [1.82, 2.24) is 15.5 Å². The van der Waals surface area contributed by atoms with Crippen LogP contribution < -0.4 is 10.6 Å². The van der Waals surface area contributed by atoms with Crippen molar-refractivity contribution in [2.24, 2.45) is 5.92 Å². The van der Waals surface area contributed by atoms with E-state index in [4.69, 9.17) is 9.47 Å². The van der Waals surface area contributed by atoms with Crippen molar-refractivity contribution in [2.75, 3.05) is 13.2 Å². The first-order chi connectivity index (χ1) is 17.6. The molecule has 0 aliphatic rings. The number of aryl methyl sites for hydroxylation is 1. The summed E-state index contributed by atoms with van der Waals surface area (Å²) < 4.78 is 10.4. The highest BCUT2D eigenvalue weighted by atomic mass is 16.6. The molecule has 3 amide bonds. The molecule has 0 bridgehead atoms. The van der Waals surface area contributed by atoms with E-state index >= 15 is 0 Å². The summed E-state index contributed by atoms with van der Waals surface area (Å²) >= 11 is 0. The standard InChI is InChI=1S/C29H47N3O6/c1-11-37-24(33)15-16-30-26(34)25(22-14-12-13-20(6)21(22)7)32(19(4)5)27(35)23(17-18(2)3)31-28(36)38-29(8,9)10/h12-14,18-19,23,25H,11,15-17H2,1-10H3,(H,30,34)(H,31,36). The van der Waals surface area contributed by atoms with Gasteiger partial charge in [0.15, 0.2) is 0 Å². The van der Waals surface area contributed by atoms with Crippen molar-refractivity contribution in [2.45, 2.75) is 106 Å². The summed E-state index contributed by atoms with van der Waals surface area (Å²) in [5, 5.41) is 5.55. The molecule has 0 aliphatic carbocycles. The van der Waals surface area contributed by atoms with Gasteiger partial charge < -0.3 is 25.0 Å². The highest BCUT2D eigenvalue weighted by Crippen LogP contribution is 2.29. The van der Waals surface area contributed by atoms with Crippen LogP contribution in [0.5, 0.6) is 0 Å². The molecule has 9 heteroatoms. The second-order valence-electron chi connectivity index (χ2n) is 11.2. The number of hydrogen-bond donors (Lipinski definition) is 2. The fourth-order valence-corrected chi connectivity index (χ4v) is 4.11. The Morgan fingerprint density at radius 1 is 1.03 bits per heavy atom. The van der Waals surface area contributed by atoms with Crippen LogP contribution in [-0.2, 0) is 23.9 Å². The van der Waals surface area contributed by atoms with Crippen LogP contribution >= 0.6 is 0 Å². The van der Waals surface area contributed by atoms with Crippen LogP contribution in [0.15, 0.2) is 18.2 Å². The molecule has 0 saturated heterocycles. The lowest BCUT2D eigenvalue weighted by Crippen LogP contribution is -2.55. The van der Waals surface area contributed by atoms with Crippen molar-refractivity contribution in [1.29, 1.82) is 0 Å². The maximum absolute atomic E-state index is 14.1. The van der Waals surface area contributed by atoms with Gasteiger partial charge in [0.2, 0.25) is 11.8 Å². The number of carbonyl (C=O) groups excluding carboxylic acids is 4. The van der Waals surface area contributed by atoms with Gasteiger partial charge in [0.05, 0.1) is 13.0 Å². The van der Waals surface area contributed by atoms with Crippen LogP contribution in [0.25, 0.3) is 0 Å². The minimum Gasteiger partial charge on any atom is -0.466 e. The lowest BCUT2D eigenvalue weighted by atomic mass is 9.93. The molecule has 2 unspecified atom stereocenters. The quantitative estimate of drug-likeness (QED) is 0.380. The summed E-state index contributed by atoms with van der Waals surface area (Å²) in [6, 6.07) is 3.38. The first-order valence-corrected chi connectivity index (χ1v) is 13.4. The van der Waals surface area contributed by atoms with E-state index in [0.29, 0.717) is 12.0 Å². The maximum Gasteiger partial charge on any atom is 0.408 e. The molecule has 2 N–H and O–H groups in total. The second-order valence-corrected chi connectivity index (χ2v) is 11.2. The van der Waals surface area contributed by atoms with Crippen LogP contribution in [0.4, 0.5) is 4.79 Å². The largest absolute Gasteiger partial charge is 0.466 e. The van der Waals surface area contributed by atoms with Crippen LogP contribution in [0.2, 0.25) is 0 Å². The second kappa shape index (κ2) is 14.7. The number of alkyl carbamates (subject to hydrolysis) is 1. The molecule has 1 aromatic carbocycles. The van der Waals surface area contributed by atoms with Gasteiger partial charge in [0, 0.05) is 12.6 Å². The molecular weight excluding hydrogens is 486 g/mol. The van der Waals surface area contributed by atoms with E-state index in [2.05, 4.69) is 10.6 Å². The normalized spacial score (nSPS) is 13.1. The number of benzene rings is 1. The number of ether oxygens (including phenoxy) is 2. The van der Waals surface area contributed by atoms with Crippen LogP contribution in [0.3, 0.4) is 0 Å². The third-order valence-corrected chi connectivity index (χ3v) is 5.91. The summed E-state index contributed by atoms with van der Waals surface area (Å²) in [5.74, 6) is -1.12. The van der Waals surface area contributed by atoms with Gasteiger partial charge in [-0.1, -0.05) is 32.0 Å². The molecule has 38 heavy (non-hydrogen) atoms. The third-order valence-electron chi connectivity index (χ3n) is 5.91. The van der Waals surface area contributed by atoms with E-state index in [1.807, 2.05) is 59.7 Å². The van der Waals surface area contributed by atoms with Crippen molar-refractivity contribution in [3.05, 3.63) is 34.9 Å². The minimum absolute atomic E-state index is 0.0187. The number of nitrogens with one attached hydrogen (secondary N) is 2. The average molecular weight is 534 g/mol. The van der Waals surface area contributed by atoms with Crippen LogP contribution in [0, 0.1) is 19.8 Å². The van der Waals surface area contributed by atoms with E-state index < -0.39 is 35.7 Å². The fraction of sp³-hybridized carbons (Fsp3) is 0.655. The number of hydrogen-bond acceptors (Lipinski definition) is 6. The zero-order valence-electron chi connectivity index (χ0n) is 24.8. The lowest BCUT2D eigenvalue weighted by molar-refractivity contribution is -0.146. The third kappa shape index (κ3) is 10.3. The lowest BCUT2D eigenvalue weighted by Gasteiger charge is -2.38. The molecule has 1 rings (SSSR count). The van der Waals surface area contributed by atoms with Crippen LogP contribution in [-0.4, -0.2) is 59.6 Å². The van der Waals surface area contributed by atoms with E-state index in [9.17, 15) is 19.2 Å². The van der Waals surface area contributed by atoms with Gasteiger partial charge in [-0.2, -0.15) is 0 Å². The minimum atomic E-state index is -0.973. The molecule has 0 spiro atoms. The first-order valence-electron chi connectivity index (χ1n) is 13.4. The molecular formula is C29H47N3O6. The van der Waals surface area contributed by atoms with Crippen molar-refractivity contribution in [3.63, 3.8) is 0 Å². The van der Waals surface area contributed by atoms with Gasteiger partial charge in [-0.3, -0.25) is 14.4 Å². The van der Waals surface area contributed by atoms with E-state index in [1.165, 1.54) is 4.90 Å². The SMILES string of the molecule is CCOC(=O)CCNC(=O)C(c1cccc(C)c1C)N(C(=O)C(CC(C)C)NC(=O)OC(C)(C)C)C(C)C. The molecule has 0 saturated carbocycles. The summed E-state index contributed by atoms with van der Waals surface area (Å²) in [7, 11) is 0. The number of nitrogens with zero attached hydrogens (tertiary/aromatic N) is 1. The number of esters is 1. The summed E-state index contributed by atoms with van der Waals surface area (Å²) in [4.78, 5) is 53.8. The van der Waals surface area contributed by atoms with E-state index in [1.54, 1.807) is 27.7 Å². The van der Waals surface area contributed by atoms with Gasteiger partial charge in [0.25, 0.3) is 0 Å². The van der Waals surface area contributed by atoms with Gasteiger partial charge in [0.1, 0.15) is 17.7 Å². The van der Waals surface area contributed by atoms with Gasteiger partial charge >= 0.3 is 12.1 Å². The monoisotopic (exact) mass is 533 g/mol. The molecule has 0 fully saturated rings. The topological polar surface area (TPSA) is 114 Å². The number of amides is 3. The molecule has 2 atom stereocenters. The smallest absolute Gasteiger partial charge is 0.408 e. The van der Waals surface area contributed by atoms with Gasteiger partial charge in [-0.15, -0.1) is 0 Å². The average Bonchev–Trinajstić information content (AvgIpc) is 2.77. The Hall–Kier alpha value is -3.10. The zero-order valence-corrected chi connectivity index (χ0v) is 24.8. The molecule has 0 heterocycles. The molecule has 0 aromatic heterocycles. The number of carbonyl (C=O) groups is 4. The Labute approximate surface area is 228 Å². The number of rotatable bonds is 12. The first kappa shape index (κ1) is 32.9. The summed E-state index contributed by atoms with van der Waals surface area (Å²) in [6.07, 6.45) is -0.307. The highest BCUT2D eigenvalue weighted by molar-refractivity contribution is 5.92. The zero-order chi connectivity index (χ0) is 29.2. The predicted molar refractivity (Wildman–Crippen MR) is 148 cm³/mol. The fourth-order valence-electron chi connectivity index (χ4n) is 4.11. The maximum atomic E-state index is 14.1.